The van der Waals surface area contributed by atoms with Crippen molar-refractivity contribution in [1.82, 2.24) is 14.1 Å². The lowest BCUT2D eigenvalue weighted by Gasteiger charge is -2.05. The molecule has 0 amide bonds. The molecule has 0 saturated heterocycles. The molecule has 0 spiro atoms. The van der Waals surface area contributed by atoms with Gasteiger partial charge in [0.1, 0.15) is 11.8 Å². The van der Waals surface area contributed by atoms with Gasteiger partial charge in [0, 0.05) is 25.1 Å². The molecule has 0 radical (unpaired) electrons. The summed E-state index contributed by atoms with van der Waals surface area (Å²) in [6, 6.07) is 5.37. The monoisotopic (exact) mass is 214 g/mol. The summed E-state index contributed by atoms with van der Waals surface area (Å²) in [4.78, 5) is 16.0. The van der Waals surface area contributed by atoms with Crippen LogP contribution in [-0.4, -0.2) is 14.1 Å². The molecular formula is C11H10N4O. The van der Waals surface area contributed by atoms with E-state index in [9.17, 15) is 4.79 Å². The zero-order chi connectivity index (χ0) is 11.5. The van der Waals surface area contributed by atoms with Crippen LogP contribution in [0, 0.1) is 11.3 Å². The van der Waals surface area contributed by atoms with Gasteiger partial charge in [-0.15, -0.1) is 0 Å². The molecule has 0 atom stereocenters. The van der Waals surface area contributed by atoms with Gasteiger partial charge in [-0.2, -0.15) is 5.26 Å². The fourth-order valence-corrected chi connectivity index (χ4v) is 1.51. The molecule has 2 aromatic rings. The molecule has 2 rings (SSSR count). The summed E-state index contributed by atoms with van der Waals surface area (Å²) in [7, 11) is 0. The van der Waals surface area contributed by atoms with Gasteiger partial charge < -0.3 is 4.57 Å². The Bertz CT molecular complexity index is 603. The predicted molar refractivity (Wildman–Crippen MR) is 58.2 cm³/mol. The number of aryl methyl sites for hydroxylation is 1. The van der Waals surface area contributed by atoms with E-state index in [1.165, 1.54) is 4.57 Å². The maximum atomic E-state index is 11.9. The quantitative estimate of drug-likeness (QED) is 0.746. The summed E-state index contributed by atoms with van der Waals surface area (Å²) >= 11 is 0. The van der Waals surface area contributed by atoms with Crippen LogP contribution in [0.5, 0.6) is 0 Å². The molecule has 0 bridgehead atoms. The smallest absolute Gasteiger partial charge is 0.294 e. The Morgan fingerprint density at radius 3 is 3.00 bits per heavy atom. The topological polar surface area (TPSA) is 63.6 Å². The molecule has 5 heteroatoms. The first-order valence-corrected chi connectivity index (χ1v) is 4.91. The summed E-state index contributed by atoms with van der Waals surface area (Å²) in [6.45, 7) is 2.46. The Kier molecular flexibility index (Phi) is 2.56. The van der Waals surface area contributed by atoms with Gasteiger partial charge in [-0.05, 0) is 19.1 Å². The van der Waals surface area contributed by atoms with E-state index in [1.807, 2.05) is 13.0 Å². The minimum atomic E-state index is -0.197. The van der Waals surface area contributed by atoms with Crippen LogP contribution in [0.3, 0.4) is 0 Å². The maximum absolute atomic E-state index is 11.9. The molecule has 16 heavy (non-hydrogen) atoms. The molecule has 0 unspecified atom stereocenters. The number of aromatic nitrogens is 3. The highest BCUT2D eigenvalue weighted by Gasteiger charge is 2.08. The summed E-state index contributed by atoms with van der Waals surface area (Å²) in [5.74, 6) is 0.255. The van der Waals surface area contributed by atoms with E-state index in [2.05, 4.69) is 4.98 Å². The van der Waals surface area contributed by atoms with Crippen molar-refractivity contribution < 1.29 is 0 Å². The van der Waals surface area contributed by atoms with Gasteiger partial charge in [-0.3, -0.25) is 9.36 Å². The fraction of sp³-hybridized carbons (Fsp3) is 0.182. The third kappa shape index (κ3) is 1.50. The van der Waals surface area contributed by atoms with Crippen molar-refractivity contribution in [2.75, 3.05) is 0 Å². The van der Waals surface area contributed by atoms with Crippen molar-refractivity contribution in [2.24, 2.45) is 0 Å². The van der Waals surface area contributed by atoms with Gasteiger partial charge in [-0.1, -0.05) is 0 Å². The molecule has 0 N–H and O–H groups in total. The number of hydrogen-bond acceptors (Lipinski definition) is 3. The molecule has 5 nitrogen and oxygen atoms in total. The SMILES string of the molecule is CCn1ccnc(-n2cccc2C#N)c1=O. The van der Waals surface area contributed by atoms with Crippen LogP contribution in [0.1, 0.15) is 12.6 Å². The van der Waals surface area contributed by atoms with Crippen LogP contribution in [0.4, 0.5) is 0 Å². The number of rotatable bonds is 2. The van der Waals surface area contributed by atoms with Crippen LogP contribution in [-0.2, 0) is 6.54 Å². The fourth-order valence-electron chi connectivity index (χ4n) is 1.51. The molecule has 80 valence electrons. The molecular weight excluding hydrogens is 204 g/mol. The molecule has 2 aromatic heterocycles. The molecule has 0 aliphatic carbocycles. The highest BCUT2D eigenvalue weighted by atomic mass is 16.1. The average Bonchev–Trinajstić information content (AvgIpc) is 2.77. The van der Waals surface area contributed by atoms with Gasteiger partial charge in [0.2, 0.25) is 5.82 Å². The highest BCUT2D eigenvalue weighted by molar-refractivity contribution is 5.32. The summed E-state index contributed by atoms with van der Waals surface area (Å²) in [5.41, 5.74) is 0.205. The van der Waals surface area contributed by atoms with Crippen LogP contribution in [0.2, 0.25) is 0 Å². The van der Waals surface area contributed by atoms with Crippen molar-refractivity contribution in [3.63, 3.8) is 0 Å². The molecule has 2 heterocycles. The Morgan fingerprint density at radius 2 is 2.31 bits per heavy atom. The van der Waals surface area contributed by atoms with Crippen LogP contribution in [0.15, 0.2) is 35.5 Å². The first kappa shape index (κ1) is 10.2. The second kappa shape index (κ2) is 4.03. The second-order valence-corrected chi connectivity index (χ2v) is 3.22. The van der Waals surface area contributed by atoms with E-state index < -0.39 is 0 Å². The Balaban J connectivity index is 2.67. The van der Waals surface area contributed by atoms with E-state index in [0.29, 0.717) is 12.2 Å². The lowest BCUT2D eigenvalue weighted by Crippen LogP contribution is -2.24. The first-order chi connectivity index (χ1) is 7.77. The van der Waals surface area contributed by atoms with Gasteiger partial charge in [0.25, 0.3) is 5.56 Å². The Hall–Kier alpha value is -2.35. The van der Waals surface area contributed by atoms with Crippen molar-refractivity contribution in [1.29, 1.82) is 5.26 Å². The van der Waals surface area contributed by atoms with E-state index in [4.69, 9.17) is 5.26 Å². The third-order valence-electron chi connectivity index (χ3n) is 2.33. The molecule has 0 aromatic carbocycles. The van der Waals surface area contributed by atoms with Crippen molar-refractivity contribution in [2.45, 2.75) is 13.5 Å². The average molecular weight is 214 g/mol. The second-order valence-electron chi connectivity index (χ2n) is 3.22. The van der Waals surface area contributed by atoms with Gasteiger partial charge in [-0.25, -0.2) is 4.98 Å². The van der Waals surface area contributed by atoms with Gasteiger partial charge in [0.05, 0.1) is 0 Å². The van der Waals surface area contributed by atoms with Crippen molar-refractivity contribution in [3.05, 3.63) is 46.8 Å². The van der Waals surface area contributed by atoms with Crippen LogP contribution >= 0.6 is 0 Å². The number of nitrogens with zero attached hydrogens (tertiary/aromatic N) is 4. The number of nitriles is 1. The van der Waals surface area contributed by atoms with Crippen LogP contribution < -0.4 is 5.56 Å². The summed E-state index contributed by atoms with van der Waals surface area (Å²) < 4.78 is 3.04. The predicted octanol–water partition coefficient (Wildman–Crippen LogP) is 0.926. The Morgan fingerprint density at radius 1 is 1.50 bits per heavy atom. The zero-order valence-electron chi connectivity index (χ0n) is 8.79. The van der Waals surface area contributed by atoms with Crippen molar-refractivity contribution >= 4 is 0 Å². The largest absolute Gasteiger partial charge is 0.311 e. The lowest BCUT2D eigenvalue weighted by atomic mass is 10.4. The highest BCUT2D eigenvalue weighted by Crippen LogP contribution is 2.05. The molecule has 0 saturated carbocycles. The third-order valence-corrected chi connectivity index (χ3v) is 2.33. The zero-order valence-corrected chi connectivity index (χ0v) is 8.79. The van der Waals surface area contributed by atoms with E-state index in [1.54, 1.807) is 35.3 Å². The summed E-state index contributed by atoms with van der Waals surface area (Å²) in [6.07, 6.45) is 4.84. The Labute approximate surface area is 92.2 Å². The molecule has 0 fully saturated rings. The minimum Gasteiger partial charge on any atom is -0.311 e. The van der Waals surface area contributed by atoms with E-state index >= 15 is 0 Å². The van der Waals surface area contributed by atoms with Gasteiger partial charge in [0.15, 0.2) is 0 Å². The standard InChI is InChI=1S/C11H10N4O/c1-2-14-7-5-13-10(11(14)16)15-6-3-4-9(15)8-12/h3-7H,2H2,1H3. The minimum absolute atomic E-state index is 0.197. The lowest BCUT2D eigenvalue weighted by molar-refractivity contribution is 0.705. The van der Waals surface area contributed by atoms with Crippen LogP contribution in [0.25, 0.3) is 5.82 Å². The van der Waals surface area contributed by atoms with Crippen molar-refractivity contribution in [3.8, 4) is 11.9 Å². The van der Waals surface area contributed by atoms with Gasteiger partial charge >= 0.3 is 0 Å². The first-order valence-electron chi connectivity index (χ1n) is 4.91. The molecule has 0 aliphatic rings. The van der Waals surface area contributed by atoms with E-state index in [0.717, 1.165) is 0 Å². The number of hydrogen-bond donors (Lipinski definition) is 0. The maximum Gasteiger partial charge on any atom is 0.294 e. The normalized spacial score (nSPS) is 10.0. The molecule has 0 aliphatic heterocycles. The van der Waals surface area contributed by atoms with E-state index in [-0.39, 0.29) is 11.4 Å². The summed E-state index contributed by atoms with van der Waals surface area (Å²) in [5, 5.41) is 8.88.